The van der Waals surface area contributed by atoms with Crippen LogP contribution in [0, 0.1) is 5.41 Å². The van der Waals surface area contributed by atoms with Crippen LogP contribution in [0.3, 0.4) is 0 Å². The van der Waals surface area contributed by atoms with Gasteiger partial charge in [-0.3, -0.25) is 5.41 Å². The first kappa shape index (κ1) is 5.88. The average Bonchev–Trinajstić information content (AvgIpc) is 1.77. The van der Waals surface area contributed by atoms with E-state index in [9.17, 15) is 4.48 Å². The second-order valence-corrected chi connectivity index (χ2v) is 2.68. The summed E-state index contributed by atoms with van der Waals surface area (Å²) in [5, 5.41) is 7.44. The summed E-state index contributed by atoms with van der Waals surface area (Å²) in [7, 11) is 0. The number of hydrogen-bond donors (Lipinski definition) is 1. The molecule has 0 spiro atoms. The van der Waals surface area contributed by atoms with E-state index >= 15 is 0 Å². The highest BCUT2D eigenvalue weighted by atomic mass is 32.2. The van der Waals surface area contributed by atoms with Gasteiger partial charge in [-0.1, -0.05) is 16.2 Å². The first-order valence-electron chi connectivity index (χ1n) is 2.45. The lowest BCUT2D eigenvalue weighted by molar-refractivity contribution is 0.123. The van der Waals surface area contributed by atoms with E-state index in [1.807, 2.05) is 0 Å². The summed E-state index contributed by atoms with van der Waals surface area (Å²) in [5.74, 6) is 0.888. The van der Waals surface area contributed by atoms with Gasteiger partial charge in [-0.15, -0.1) is 0 Å². The molecule has 1 aliphatic heterocycles. The van der Waals surface area contributed by atoms with Crippen LogP contribution >= 0.6 is 11.8 Å². The summed E-state index contributed by atoms with van der Waals surface area (Å²) in [5.41, 5.74) is 0. The van der Waals surface area contributed by atoms with Crippen molar-refractivity contribution in [3.63, 3.8) is 0 Å². The maximum absolute atomic E-state index is 12.2. The Kier molecular flexibility index (Phi) is 1.73. The number of amidine groups is 1. The van der Waals surface area contributed by atoms with Crippen LogP contribution in [0.2, 0.25) is 0 Å². The Morgan fingerprint density at radius 3 is 2.88 bits per heavy atom. The van der Waals surface area contributed by atoms with Crippen LogP contribution in [-0.2, 0) is 0 Å². The van der Waals surface area contributed by atoms with Crippen molar-refractivity contribution in [3.8, 4) is 0 Å². The molecule has 8 heavy (non-hydrogen) atoms. The Labute approximate surface area is 51.5 Å². The fourth-order valence-corrected chi connectivity index (χ4v) is 1.24. The Bertz CT molecular complexity index is 106. The van der Waals surface area contributed by atoms with Crippen molar-refractivity contribution in [3.05, 3.63) is 0 Å². The van der Waals surface area contributed by atoms with Crippen LogP contribution in [0.1, 0.15) is 6.42 Å². The zero-order chi connectivity index (χ0) is 5.98. The molecule has 4 heteroatoms. The highest BCUT2D eigenvalue weighted by Gasteiger charge is 2.13. The standard InChI is InChI=1S/C4H7FN2S/c5-7-2-1-3-8-4(7)6/h6H,1-3H2. The van der Waals surface area contributed by atoms with Gasteiger partial charge in [-0.25, -0.2) is 0 Å². The van der Waals surface area contributed by atoms with Gasteiger partial charge in [0.15, 0.2) is 5.17 Å². The summed E-state index contributed by atoms with van der Waals surface area (Å²) >= 11 is 1.26. The monoisotopic (exact) mass is 134 g/mol. The molecule has 1 heterocycles. The van der Waals surface area contributed by atoms with Crippen LogP contribution < -0.4 is 0 Å². The van der Waals surface area contributed by atoms with E-state index in [4.69, 9.17) is 5.41 Å². The summed E-state index contributed by atoms with van der Waals surface area (Å²) in [6, 6.07) is 0. The van der Waals surface area contributed by atoms with Crippen molar-refractivity contribution in [1.29, 1.82) is 5.41 Å². The summed E-state index contributed by atoms with van der Waals surface area (Å²) in [6.07, 6.45) is 0.851. The molecular formula is C4H7FN2S. The summed E-state index contributed by atoms with van der Waals surface area (Å²) in [6.45, 7) is 0.395. The molecule has 0 bridgehead atoms. The molecule has 46 valence electrons. The van der Waals surface area contributed by atoms with Crippen LogP contribution in [0.4, 0.5) is 4.48 Å². The topological polar surface area (TPSA) is 27.1 Å². The molecule has 1 rings (SSSR count). The van der Waals surface area contributed by atoms with Gasteiger partial charge in [-0.05, 0) is 6.42 Å². The van der Waals surface area contributed by atoms with E-state index in [0.717, 1.165) is 12.2 Å². The van der Waals surface area contributed by atoms with Crippen LogP contribution in [0.15, 0.2) is 0 Å². The van der Waals surface area contributed by atoms with Gasteiger partial charge in [0.2, 0.25) is 0 Å². The third-order valence-corrected chi connectivity index (χ3v) is 1.92. The minimum Gasteiger partial charge on any atom is -0.277 e. The first-order chi connectivity index (χ1) is 3.80. The van der Waals surface area contributed by atoms with Crippen LogP contribution in [0.5, 0.6) is 0 Å². The zero-order valence-corrected chi connectivity index (χ0v) is 5.17. The first-order valence-corrected chi connectivity index (χ1v) is 3.44. The van der Waals surface area contributed by atoms with Gasteiger partial charge in [0.05, 0.1) is 6.54 Å². The molecule has 1 fully saturated rings. The molecule has 0 aliphatic carbocycles. The fourth-order valence-electron chi connectivity index (χ4n) is 0.544. The van der Waals surface area contributed by atoms with E-state index in [-0.39, 0.29) is 5.17 Å². The zero-order valence-electron chi connectivity index (χ0n) is 4.35. The molecule has 0 amide bonds. The molecule has 1 N–H and O–H groups in total. The van der Waals surface area contributed by atoms with E-state index in [1.54, 1.807) is 0 Å². The maximum Gasteiger partial charge on any atom is 0.185 e. The van der Waals surface area contributed by atoms with Crippen LogP contribution in [0.25, 0.3) is 0 Å². The highest BCUT2D eigenvalue weighted by Crippen LogP contribution is 2.15. The Morgan fingerprint density at radius 2 is 2.50 bits per heavy atom. The van der Waals surface area contributed by atoms with E-state index < -0.39 is 0 Å². The summed E-state index contributed by atoms with van der Waals surface area (Å²) < 4.78 is 12.2. The lowest BCUT2D eigenvalue weighted by atomic mass is 10.5. The van der Waals surface area contributed by atoms with Gasteiger partial charge < -0.3 is 0 Å². The lowest BCUT2D eigenvalue weighted by Crippen LogP contribution is -2.25. The van der Waals surface area contributed by atoms with Gasteiger partial charge in [0.1, 0.15) is 0 Å². The average molecular weight is 134 g/mol. The molecule has 0 aromatic heterocycles. The van der Waals surface area contributed by atoms with Gasteiger partial charge in [0.25, 0.3) is 0 Å². The normalized spacial score (nSPS) is 21.6. The highest BCUT2D eigenvalue weighted by molar-refractivity contribution is 8.13. The quantitative estimate of drug-likeness (QED) is 0.505. The molecule has 0 unspecified atom stereocenters. The third-order valence-electron chi connectivity index (χ3n) is 0.958. The molecular weight excluding hydrogens is 127 g/mol. The SMILES string of the molecule is N=C1SCCCN1F. The van der Waals surface area contributed by atoms with Crippen molar-refractivity contribution in [1.82, 2.24) is 5.12 Å². The number of hydrogen-bond acceptors (Lipinski definition) is 2. The third kappa shape index (κ3) is 1.12. The smallest absolute Gasteiger partial charge is 0.185 e. The molecule has 1 aliphatic rings. The van der Waals surface area contributed by atoms with Gasteiger partial charge in [-0.2, -0.15) is 5.12 Å². The molecule has 0 aromatic rings. The number of thioether (sulfide) groups is 1. The molecule has 2 nitrogen and oxygen atoms in total. The number of halogens is 1. The Morgan fingerprint density at radius 1 is 1.75 bits per heavy atom. The number of rotatable bonds is 0. The largest absolute Gasteiger partial charge is 0.277 e. The number of nitrogens with one attached hydrogen (secondary N) is 1. The fraction of sp³-hybridized carbons (Fsp3) is 0.750. The van der Waals surface area contributed by atoms with Crippen molar-refractivity contribution in [2.45, 2.75) is 6.42 Å². The van der Waals surface area contributed by atoms with Crippen LogP contribution in [-0.4, -0.2) is 22.6 Å². The van der Waals surface area contributed by atoms with Gasteiger partial charge >= 0.3 is 0 Å². The van der Waals surface area contributed by atoms with E-state index in [2.05, 4.69) is 0 Å². The lowest BCUT2D eigenvalue weighted by Gasteiger charge is -2.17. The minimum absolute atomic E-state index is 0.0521. The second-order valence-electron chi connectivity index (χ2n) is 1.59. The van der Waals surface area contributed by atoms with Gasteiger partial charge in [0, 0.05) is 5.75 Å². The van der Waals surface area contributed by atoms with Crippen molar-refractivity contribution in [2.24, 2.45) is 0 Å². The van der Waals surface area contributed by atoms with Crippen molar-refractivity contribution < 1.29 is 4.48 Å². The second kappa shape index (κ2) is 2.35. The van der Waals surface area contributed by atoms with E-state index in [1.165, 1.54) is 11.8 Å². The van der Waals surface area contributed by atoms with E-state index in [0.29, 0.717) is 11.7 Å². The summed E-state index contributed by atoms with van der Waals surface area (Å²) in [4.78, 5) is 0. The molecule has 0 radical (unpaired) electrons. The minimum atomic E-state index is 0.0521. The Balaban J connectivity index is 2.39. The molecule has 0 atom stereocenters. The predicted octanol–water partition coefficient (Wildman–Crippen LogP) is 1.24. The molecule has 1 saturated heterocycles. The Hall–Kier alpha value is -0.250. The van der Waals surface area contributed by atoms with Crippen molar-refractivity contribution in [2.75, 3.05) is 12.3 Å². The maximum atomic E-state index is 12.2. The predicted molar refractivity (Wildman–Crippen MR) is 32.6 cm³/mol. The molecule has 0 aromatic carbocycles. The molecule has 0 saturated carbocycles. The van der Waals surface area contributed by atoms with Crippen molar-refractivity contribution >= 4 is 16.9 Å². The number of nitrogens with zero attached hydrogens (tertiary/aromatic N) is 1.